The largest absolute Gasteiger partial charge is 0.448 e. The molecule has 3 aromatic carbocycles. The number of amides is 4. The lowest BCUT2D eigenvalue weighted by molar-refractivity contribution is -0.143. The molecule has 4 atom stereocenters. The summed E-state index contributed by atoms with van der Waals surface area (Å²) < 4.78 is 5.83. The Morgan fingerprint density at radius 3 is 2.22 bits per heavy atom. The van der Waals surface area contributed by atoms with E-state index >= 15 is 0 Å². The summed E-state index contributed by atoms with van der Waals surface area (Å²) in [6.45, 7) is 3.74. The zero-order valence-electron chi connectivity index (χ0n) is 29.6. The molecule has 3 aromatic rings. The van der Waals surface area contributed by atoms with E-state index in [9.17, 15) is 19.2 Å². The first-order valence-electron chi connectivity index (χ1n) is 18.6. The molecule has 0 radical (unpaired) electrons. The van der Waals surface area contributed by atoms with Gasteiger partial charge < -0.3 is 25.6 Å². The molecular weight excluding hydrogens is 642 g/mol. The summed E-state index contributed by atoms with van der Waals surface area (Å²) in [6.07, 6.45) is 5.01. The van der Waals surface area contributed by atoms with Crippen molar-refractivity contribution in [2.45, 2.75) is 82.0 Å². The van der Waals surface area contributed by atoms with Crippen LogP contribution in [0.4, 0.5) is 4.79 Å². The maximum Gasteiger partial charge on any atom is 0.410 e. The Bertz CT molecular complexity index is 1730. The van der Waals surface area contributed by atoms with Crippen molar-refractivity contribution in [2.24, 2.45) is 5.92 Å². The number of carbonyl (C=O) groups excluding carboxylic acids is 4. The smallest absolute Gasteiger partial charge is 0.410 e. The summed E-state index contributed by atoms with van der Waals surface area (Å²) in [5.74, 6) is -0.986. The molecule has 2 saturated heterocycles. The molecule has 2 unspecified atom stereocenters. The van der Waals surface area contributed by atoms with Gasteiger partial charge in [-0.1, -0.05) is 72.8 Å². The van der Waals surface area contributed by atoms with E-state index in [1.807, 2.05) is 36.4 Å². The molecule has 2 aliphatic carbocycles. The van der Waals surface area contributed by atoms with E-state index in [1.165, 1.54) is 10.5 Å². The maximum atomic E-state index is 14.4. The number of fused-ring (bicyclic) bond motifs is 4. The van der Waals surface area contributed by atoms with Crippen LogP contribution in [-0.2, 0) is 25.5 Å². The van der Waals surface area contributed by atoms with Gasteiger partial charge in [-0.2, -0.15) is 0 Å². The summed E-state index contributed by atoms with van der Waals surface area (Å²) in [4.78, 5) is 58.3. The summed E-state index contributed by atoms with van der Waals surface area (Å²) in [5, 5.41) is 9.65. The van der Waals surface area contributed by atoms with Crippen molar-refractivity contribution < 1.29 is 23.9 Å². The quantitative estimate of drug-likeness (QED) is 0.293. The van der Waals surface area contributed by atoms with E-state index in [4.69, 9.17) is 4.74 Å². The van der Waals surface area contributed by atoms with Crippen LogP contribution in [0.1, 0.15) is 79.7 Å². The minimum Gasteiger partial charge on any atom is -0.448 e. The lowest BCUT2D eigenvalue weighted by Gasteiger charge is -2.36. The predicted octanol–water partition coefficient (Wildman–Crippen LogP) is 4.93. The second-order valence-corrected chi connectivity index (χ2v) is 14.5. The fourth-order valence-corrected chi connectivity index (χ4v) is 8.52. The van der Waals surface area contributed by atoms with Crippen molar-refractivity contribution in [1.29, 1.82) is 0 Å². The Labute approximate surface area is 300 Å². The fraction of sp³-hybridized carbons (Fsp3) is 0.463. The van der Waals surface area contributed by atoms with Gasteiger partial charge in [0.25, 0.3) is 0 Å². The zero-order chi connectivity index (χ0) is 35.5. The molecule has 0 bridgehead atoms. The number of piperidine rings is 1. The number of carbonyl (C=O) groups is 4. The van der Waals surface area contributed by atoms with E-state index in [0.717, 1.165) is 79.4 Å². The van der Waals surface area contributed by atoms with Crippen LogP contribution in [0.5, 0.6) is 0 Å². The highest BCUT2D eigenvalue weighted by Gasteiger charge is 2.42. The number of aryl methyl sites for hydroxylation is 1. The number of hydrogen-bond donors (Lipinski definition) is 3. The molecule has 51 heavy (non-hydrogen) atoms. The normalized spacial score (nSPS) is 21.1. The SMILES string of the molecule is CC(C(=O)NC(C(=O)N1CCC[C@H]1C(=O)N[C@@H]1CCCc2ccccc21)C1CCNCC1)N(C)C(=O)OCC1c2ccccc2-c2ccccc21. The number of ether oxygens (including phenoxy) is 1. The Morgan fingerprint density at radius 1 is 0.863 bits per heavy atom. The van der Waals surface area contributed by atoms with Gasteiger partial charge in [-0.15, -0.1) is 0 Å². The van der Waals surface area contributed by atoms with Crippen molar-refractivity contribution in [3.63, 3.8) is 0 Å². The first-order chi connectivity index (χ1) is 24.8. The number of hydrogen-bond acceptors (Lipinski definition) is 6. The maximum absolute atomic E-state index is 14.4. The molecule has 2 fully saturated rings. The lowest BCUT2D eigenvalue weighted by atomic mass is 9.87. The standard InChI is InChI=1S/C41H49N5O5/c1-26(45(2)41(50)51-25-34-32-16-7-5-14-30(32)31-15-6-8-17-33(31)34)38(47)44-37(28-20-22-42-23-21-28)40(49)46-24-10-19-36(46)39(48)43-35-18-9-12-27-11-3-4-13-29(27)35/h3-8,11,13-17,26,28,34-37,42H,9-10,12,18-25H2,1-2H3,(H,43,48)(H,44,47)/t26?,35-,36+,37?/m1/s1. The average Bonchev–Trinajstić information content (AvgIpc) is 3.79. The Balaban J connectivity index is 1.00. The summed E-state index contributed by atoms with van der Waals surface area (Å²) in [6, 6.07) is 22.2. The van der Waals surface area contributed by atoms with Crippen LogP contribution >= 0.6 is 0 Å². The molecular formula is C41H49N5O5. The third kappa shape index (κ3) is 7.11. The number of likely N-dealkylation sites (tertiary alicyclic amines) is 1. The first-order valence-corrected chi connectivity index (χ1v) is 18.6. The van der Waals surface area contributed by atoms with Gasteiger partial charge in [-0.25, -0.2) is 4.79 Å². The van der Waals surface area contributed by atoms with E-state index in [2.05, 4.69) is 52.3 Å². The Kier molecular flexibility index (Phi) is 10.4. The highest BCUT2D eigenvalue weighted by Crippen LogP contribution is 2.44. The van der Waals surface area contributed by atoms with Crippen LogP contribution in [0.25, 0.3) is 11.1 Å². The molecule has 0 saturated carbocycles. The minimum absolute atomic E-state index is 0.0748. The van der Waals surface area contributed by atoms with Gasteiger partial charge >= 0.3 is 6.09 Å². The van der Waals surface area contributed by atoms with E-state index in [-0.39, 0.29) is 36.3 Å². The number of rotatable bonds is 9. The van der Waals surface area contributed by atoms with E-state index in [0.29, 0.717) is 13.0 Å². The molecule has 0 spiro atoms. The van der Waals surface area contributed by atoms with Gasteiger partial charge in [0.1, 0.15) is 24.7 Å². The molecule has 4 amide bonds. The molecule has 3 N–H and O–H groups in total. The number of benzene rings is 3. The zero-order valence-corrected chi connectivity index (χ0v) is 29.6. The van der Waals surface area contributed by atoms with E-state index in [1.54, 1.807) is 18.9 Å². The Hall–Kier alpha value is -4.70. The molecule has 268 valence electrons. The van der Waals surface area contributed by atoms with Crippen LogP contribution in [0.2, 0.25) is 0 Å². The molecule has 4 aliphatic rings. The number of likely N-dealkylation sites (N-methyl/N-ethyl adjacent to an activating group) is 1. The van der Waals surface area contributed by atoms with Crippen LogP contribution < -0.4 is 16.0 Å². The highest BCUT2D eigenvalue weighted by molar-refractivity contribution is 5.94. The monoisotopic (exact) mass is 691 g/mol. The van der Waals surface area contributed by atoms with Crippen molar-refractivity contribution >= 4 is 23.8 Å². The summed E-state index contributed by atoms with van der Waals surface area (Å²) >= 11 is 0. The van der Waals surface area contributed by atoms with Gasteiger partial charge in [-0.3, -0.25) is 19.3 Å². The predicted molar refractivity (Wildman–Crippen MR) is 195 cm³/mol. The van der Waals surface area contributed by atoms with Gasteiger partial charge in [0, 0.05) is 19.5 Å². The molecule has 2 heterocycles. The van der Waals surface area contributed by atoms with Gasteiger partial charge in [-0.05, 0) is 104 Å². The summed E-state index contributed by atoms with van der Waals surface area (Å²) in [7, 11) is 1.55. The van der Waals surface area contributed by atoms with Crippen LogP contribution in [0, 0.1) is 5.92 Å². The third-order valence-electron chi connectivity index (χ3n) is 11.5. The van der Waals surface area contributed by atoms with Gasteiger partial charge in [0.05, 0.1) is 6.04 Å². The van der Waals surface area contributed by atoms with Crippen LogP contribution in [0.15, 0.2) is 72.8 Å². The fourth-order valence-electron chi connectivity index (χ4n) is 8.52. The Morgan fingerprint density at radius 2 is 1.51 bits per heavy atom. The summed E-state index contributed by atoms with van der Waals surface area (Å²) in [5.41, 5.74) is 6.92. The molecule has 7 rings (SSSR count). The second kappa shape index (κ2) is 15.3. The minimum atomic E-state index is -0.887. The van der Waals surface area contributed by atoms with Crippen molar-refractivity contribution in [2.75, 3.05) is 33.3 Å². The van der Waals surface area contributed by atoms with Gasteiger partial charge in [0.15, 0.2) is 0 Å². The van der Waals surface area contributed by atoms with Crippen LogP contribution in [0.3, 0.4) is 0 Å². The first kappa shape index (κ1) is 34.7. The third-order valence-corrected chi connectivity index (χ3v) is 11.5. The molecule has 0 aromatic heterocycles. The van der Waals surface area contributed by atoms with Gasteiger partial charge in [0.2, 0.25) is 17.7 Å². The molecule has 10 heteroatoms. The van der Waals surface area contributed by atoms with Crippen molar-refractivity contribution in [3.05, 3.63) is 95.1 Å². The van der Waals surface area contributed by atoms with Crippen molar-refractivity contribution in [3.8, 4) is 11.1 Å². The van der Waals surface area contributed by atoms with E-state index < -0.39 is 30.1 Å². The topological polar surface area (TPSA) is 120 Å². The second-order valence-electron chi connectivity index (χ2n) is 14.5. The van der Waals surface area contributed by atoms with Crippen molar-refractivity contribution in [1.82, 2.24) is 25.8 Å². The van der Waals surface area contributed by atoms with Crippen LogP contribution in [-0.4, -0.2) is 85.0 Å². The highest BCUT2D eigenvalue weighted by atomic mass is 16.6. The molecule has 10 nitrogen and oxygen atoms in total. The number of nitrogens with one attached hydrogen (secondary N) is 3. The molecule has 2 aliphatic heterocycles. The average molecular weight is 692 g/mol. The lowest BCUT2D eigenvalue weighted by Crippen LogP contribution is -2.59. The number of nitrogens with zero attached hydrogens (tertiary/aromatic N) is 2.